The zero-order valence-electron chi connectivity index (χ0n) is 20.0. The highest BCUT2D eigenvalue weighted by molar-refractivity contribution is 8.02. The maximum atomic E-state index is 13.0. The van der Waals surface area contributed by atoms with Gasteiger partial charge in [-0.2, -0.15) is 4.52 Å². The molecule has 20 heteroatoms. The van der Waals surface area contributed by atoms with E-state index in [4.69, 9.17) is 15.7 Å². The number of carbonyl (C=O) groups is 4. The summed E-state index contributed by atoms with van der Waals surface area (Å²) in [5.74, 6) is -3.73. The highest BCUT2D eigenvalue weighted by atomic mass is 32.2. The number of rotatable bonds is 9. The number of aromatic nitrogens is 4. The van der Waals surface area contributed by atoms with Crippen molar-refractivity contribution in [2.24, 2.45) is 5.16 Å². The number of carboxylic acids is 2. The molecule has 3 aromatic heterocycles. The molecular weight excluding hydrogens is 609 g/mol. The average Bonchev–Trinajstić information content (AvgIpc) is 3.54. The van der Waals surface area contributed by atoms with Crippen LogP contribution >= 0.6 is 46.2 Å². The second-order valence-corrected chi connectivity index (χ2v) is 12.1. The van der Waals surface area contributed by atoms with Crippen LogP contribution in [0.25, 0.3) is 4.96 Å². The maximum absolute atomic E-state index is 13.0. The molecule has 0 bridgehead atoms. The van der Waals surface area contributed by atoms with Gasteiger partial charge >= 0.3 is 11.9 Å². The van der Waals surface area contributed by atoms with Crippen molar-refractivity contribution in [3.05, 3.63) is 44.5 Å². The molecule has 2 aliphatic rings. The number of hydrogen-bond donors (Lipinski definition) is 4. The van der Waals surface area contributed by atoms with Gasteiger partial charge in [-0.25, -0.2) is 19.6 Å². The van der Waals surface area contributed by atoms with Crippen molar-refractivity contribution in [3.63, 3.8) is 0 Å². The number of thiazole rings is 1. The van der Waals surface area contributed by atoms with Crippen molar-refractivity contribution in [2.75, 3.05) is 24.3 Å². The van der Waals surface area contributed by atoms with Crippen LogP contribution < -0.4 is 16.6 Å². The molecule has 3 aromatic rings. The monoisotopic (exact) mass is 624 g/mol. The fraction of sp³-hybridized carbons (Fsp3) is 0.250. The predicted octanol–water partition coefficient (Wildman–Crippen LogP) is -0.231. The molecule has 16 nitrogen and oxygen atoms in total. The minimum Gasteiger partial charge on any atom is -0.477 e. The first-order valence-corrected chi connectivity index (χ1v) is 14.6. The van der Waals surface area contributed by atoms with Gasteiger partial charge in [0.05, 0.1) is 6.20 Å². The summed E-state index contributed by atoms with van der Waals surface area (Å²) >= 11 is 4.51. The number of thioether (sulfide) groups is 2. The van der Waals surface area contributed by atoms with E-state index in [1.807, 2.05) is 0 Å². The first kappa shape index (κ1) is 27.6. The van der Waals surface area contributed by atoms with Crippen LogP contribution in [0.4, 0.5) is 5.13 Å². The number of nitrogen functional groups attached to an aromatic ring is 1. The topological polar surface area (TPSA) is 232 Å². The fourth-order valence-electron chi connectivity index (χ4n) is 3.82. The molecular formula is C20H16N8O8S4. The van der Waals surface area contributed by atoms with Crippen LogP contribution in [0, 0.1) is 0 Å². The van der Waals surface area contributed by atoms with E-state index in [0.29, 0.717) is 9.91 Å². The molecule has 0 radical (unpaired) electrons. The SMILES string of the molecule is CON=C(C(=O)N[C@@H]1C(=O)N2C(C(=O)O)=C(CSc3nn4c(=O)c(C(=O)O)cnc4s3)CS[C@H]12)c1csc(N)n1. The number of aromatic carboxylic acids is 1. The van der Waals surface area contributed by atoms with Crippen LogP contribution in [0.3, 0.4) is 0 Å². The quantitative estimate of drug-likeness (QED) is 0.104. The lowest BCUT2D eigenvalue weighted by atomic mass is 10.0. The van der Waals surface area contributed by atoms with Crippen molar-refractivity contribution < 1.29 is 34.2 Å². The summed E-state index contributed by atoms with van der Waals surface area (Å²) < 4.78 is 1.23. The normalized spacial score (nSPS) is 18.9. The van der Waals surface area contributed by atoms with E-state index in [1.165, 1.54) is 24.3 Å². The molecule has 208 valence electrons. The molecule has 0 unspecified atom stereocenters. The third kappa shape index (κ3) is 4.89. The first-order valence-electron chi connectivity index (χ1n) is 10.9. The Morgan fingerprint density at radius 2 is 2.08 bits per heavy atom. The van der Waals surface area contributed by atoms with Gasteiger partial charge in [-0.1, -0.05) is 28.3 Å². The van der Waals surface area contributed by atoms with Gasteiger partial charge in [0, 0.05) is 16.9 Å². The molecule has 40 heavy (non-hydrogen) atoms. The third-order valence-electron chi connectivity index (χ3n) is 5.57. The second-order valence-electron chi connectivity index (χ2n) is 7.94. The molecule has 2 atom stereocenters. The largest absolute Gasteiger partial charge is 0.477 e. The molecule has 5 rings (SSSR count). The number of β-lactam (4-membered cyclic amide) rings is 1. The Morgan fingerprint density at radius 3 is 2.73 bits per heavy atom. The maximum Gasteiger partial charge on any atom is 0.352 e. The molecule has 2 amide bonds. The van der Waals surface area contributed by atoms with Crippen LogP contribution in [0.1, 0.15) is 16.1 Å². The number of fused-ring (bicyclic) bond motifs is 2. The van der Waals surface area contributed by atoms with Crippen LogP contribution in [0.2, 0.25) is 0 Å². The van der Waals surface area contributed by atoms with Crippen LogP contribution in [0.15, 0.2) is 37.1 Å². The summed E-state index contributed by atoms with van der Waals surface area (Å²) in [5.41, 5.74) is 4.48. The van der Waals surface area contributed by atoms with Crippen molar-refractivity contribution >= 4 is 85.8 Å². The summed E-state index contributed by atoms with van der Waals surface area (Å²) in [4.78, 5) is 75.5. The number of carboxylic acid groups (broad SMARTS) is 2. The van der Waals surface area contributed by atoms with E-state index in [-0.39, 0.29) is 38.7 Å². The summed E-state index contributed by atoms with van der Waals surface area (Å²) in [7, 11) is 1.25. The number of hydrogen-bond acceptors (Lipinski definition) is 15. The predicted molar refractivity (Wildman–Crippen MR) is 145 cm³/mol. The van der Waals surface area contributed by atoms with Crippen molar-refractivity contribution in [2.45, 2.75) is 15.8 Å². The second kappa shape index (κ2) is 10.9. The van der Waals surface area contributed by atoms with E-state index in [9.17, 15) is 29.1 Å². The van der Waals surface area contributed by atoms with Gasteiger partial charge in [-0.3, -0.25) is 19.3 Å². The Kier molecular flexibility index (Phi) is 7.49. The number of nitrogens with one attached hydrogen (secondary N) is 1. The minimum absolute atomic E-state index is 0.123. The van der Waals surface area contributed by atoms with E-state index in [2.05, 4.69) is 25.5 Å². The van der Waals surface area contributed by atoms with E-state index in [0.717, 1.165) is 50.0 Å². The highest BCUT2D eigenvalue weighted by Crippen LogP contribution is 2.42. The number of anilines is 1. The van der Waals surface area contributed by atoms with Gasteiger partial charge in [0.1, 0.15) is 35.5 Å². The molecule has 1 fully saturated rings. The summed E-state index contributed by atoms with van der Waals surface area (Å²) in [5, 5.41) is 30.4. The first-order chi connectivity index (χ1) is 19.1. The van der Waals surface area contributed by atoms with Gasteiger partial charge in [-0.15, -0.1) is 28.2 Å². The summed E-state index contributed by atoms with van der Waals surface area (Å²) in [6.45, 7) is 0. The summed E-state index contributed by atoms with van der Waals surface area (Å²) in [6.07, 6.45) is 0.955. The van der Waals surface area contributed by atoms with Gasteiger partial charge in [0.15, 0.2) is 15.2 Å². The Labute approximate surface area is 238 Å². The van der Waals surface area contributed by atoms with Gasteiger partial charge in [0.2, 0.25) is 4.96 Å². The zero-order chi connectivity index (χ0) is 28.7. The Morgan fingerprint density at radius 1 is 1.30 bits per heavy atom. The fourth-order valence-corrected chi connectivity index (χ4v) is 7.75. The highest BCUT2D eigenvalue weighted by Gasteiger charge is 2.54. The lowest BCUT2D eigenvalue weighted by Crippen LogP contribution is -2.71. The third-order valence-corrected chi connectivity index (χ3v) is 9.72. The number of carbonyl (C=O) groups excluding carboxylic acids is 2. The lowest BCUT2D eigenvalue weighted by Gasteiger charge is -2.49. The summed E-state index contributed by atoms with van der Waals surface area (Å²) in [6, 6.07) is -1.01. The van der Waals surface area contributed by atoms with Crippen molar-refractivity contribution in [1.82, 2.24) is 29.8 Å². The van der Waals surface area contributed by atoms with Crippen molar-refractivity contribution in [3.8, 4) is 0 Å². The van der Waals surface area contributed by atoms with Crippen LogP contribution in [-0.2, 0) is 19.2 Å². The number of amides is 2. The van der Waals surface area contributed by atoms with E-state index in [1.54, 1.807) is 0 Å². The van der Waals surface area contributed by atoms with Crippen molar-refractivity contribution in [1.29, 1.82) is 0 Å². The number of nitrogens with zero attached hydrogens (tertiary/aromatic N) is 6. The number of nitrogens with two attached hydrogens (primary N) is 1. The minimum atomic E-state index is -1.43. The smallest absolute Gasteiger partial charge is 0.352 e. The molecule has 5 heterocycles. The molecule has 0 spiro atoms. The Hall–Kier alpha value is -4.01. The van der Waals surface area contributed by atoms with E-state index >= 15 is 0 Å². The van der Waals surface area contributed by atoms with E-state index < -0.39 is 46.3 Å². The Bertz CT molecular complexity index is 1690. The molecule has 1 saturated heterocycles. The number of aliphatic carboxylic acids is 1. The van der Waals surface area contributed by atoms with Crippen LogP contribution in [-0.4, -0.2) is 94.2 Å². The van der Waals surface area contributed by atoms with Gasteiger partial charge in [-0.05, 0) is 5.57 Å². The molecule has 2 aliphatic heterocycles. The number of oxime groups is 1. The standard InChI is InChI=1S/C20H16N8O8S4/c1-36-26-9(8-5-38-18(21)23-8)12(29)24-10-14(31)27-11(17(34)35)6(3-37-15(10)27)4-39-20-25-28-13(30)7(16(32)33)2-22-19(28)40-20/h2,5,10,15H,3-4H2,1H3,(H2,21,23)(H,24,29)(H,32,33)(H,34,35)/t10-,15-/m1/s1. The van der Waals surface area contributed by atoms with Gasteiger partial charge < -0.3 is 26.1 Å². The molecule has 0 aromatic carbocycles. The Balaban J connectivity index is 1.32. The average molecular weight is 625 g/mol. The van der Waals surface area contributed by atoms with Crippen LogP contribution in [0.5, 0.6) is 0 Å². The lowest BCUT2D eigenvalue weighted by molar-refractivity contribution is -0.150. The zero-order valence-corrected chi connectivity index (χ0v) is 23.2. The molecule has 0 saturated carbocycles. The van der Waals surface area contributed by atoms with Gasteiger partial charge in [0.25, 0.3) is 17.4 Å². The molecule has 5 N–H and O–H groups in total. The molecule has 0 aliphatic carbocycles.